The van der Waals surface area contributed by atoms with E-state index in [0.29, 0.717) is 19.0 Å². The molecule has 4 bridgehead atoms. The van der Waals surface area contributed by atoms with Crippen LogP contribution in [0, 0.1) is 29.6 Å². The Kier molecular flexibility index (Phi) is 6.49. The van der Waals surface area contributed by atoms with Crippen LogP contribution in [0.5, 0.6) is 0 Å². The standard InChI is InChI=1S/C30H37N5O2/c1-18(27-15-28(34-33-27)21-6-4-3-5-7-21)35(2)17-24-8-9-25(30(37)32-24)29(36)31-16-26-22-11-19-10-20(13-22)14-23(26)12-19/h3-9,15,18-20,22-23,26H,10-14,16-17H2,1-2H3,(H,31,36)(H,32,37)(H,33,34)/t18-,19?,20?,22?,23?,26?/m0/s1. The number of carbonyl (C=O) groups excluding carboxylic acids is 1. The third kappa shape index (κ3) is 4.89. The number of carbonyl (C=O) groups is 1. The number of rotatable bonds is 8. The number of aromatic nitrogens is 3. The van der Waals surface area contributed by atoms with E-state index in [1.807, 2.05) is 43.4 Å². The summed E-state index contributed by atoms with van der Waals surface area (Å²) in [6.45, 7) is 3.35. The Morgan fingerprint density at radius 1 is 1.05 bits per heavy atom. The number of nitrogens with one attached hydrogen (secondary N) is 3. The molecular formula is C30H37N5O2. The molecule has 4 fully saturated rings. The smallest absolute Gasteiger partial charge is 0.261 e. The lowest BCUT2D eigenvalue weighted by atomic mass is 9.52. The van der Waals surface area contributed by atoms with Crippen molar-refractivity contribution in [2.75, 3.05) is 13.6 Å². The van der Waals surface area contributed by atoms with Crippen molar-refractivity contribution in [2.24, 2.45) is 29.6 Å². The van der Waals surface area contributed by atoms with E-state index in [1.165, 1.54) is 32.1 Å². The molecule has 0 unspecified atom stereocenters. The van der Waals surface area contributed by atoms with E-state index in [4.69, 9.17) is 0 Å². The monoisotopic (exact) mass is 499 g/mol. The second kappa shape index (κ2) is 9.93. The van der Waals surface area contributed by atoms with Crippen molar-refractivity contribution in [1.29, 1.82) is 0 Å². The molecule has 2 aromatic heterocycles. The number of hydrogen-bond acceptors (Lipinski definition) is 4. The summed E-state index contributed by atoms with van der Waals surface area (Å²) in [6, 6.07) is 15.7. The molecule has 0 spiro atoms. The second-order valence-corrected chi connectivity index (χ2v) is 11.7. The zero-order chi connectivity index (χ0) is 25.5. The lowest BCUT2D eigenvalue weighted by molar-refractivity contribution is -0.0347. The van der Waals surface area contributed by atoms with Gasteiger partial charge in [0.05, 0.1) is 11.4 Å². The average Bonchev–Trinajstić information content (AvgIpc) is 3.38. The van der Waals surface area contributed by atoms with Gasteiger partial charge in [-0.3, -0.25) is 19.6 Å². The van der Waals surface area contributed by atoms with Gasteiger partial charge >= 0.3 is 0 Å². The fourth-order valence-corrected chi connectivity index (χ4v) is 7.41. The molecule has 194 valence electrons. The van der Waals surface area contributed by atoms with Crippen molar-refractivity contribution in [1.82, 2.24) is 25.4 Å². The van der Waals surface area contributed by atoms with E-state index in [1.54, 1.807) is 6.07 Å². The zero-order valence-corrected chi connectivity index (χ0v) is 21.7. The van der Waals surface area contributed by atoms with E-state index < -0.39 is 0 Å². The van der Waals surface area contributed by atoms with Gasteiger partial charge in [-0.2, -0.15) is 5.10 Å². The topological polar surface area (TPSA) is 93.9 Å². The molecule has 4 aliphatic carbocycles. The molecule has 0 saturated heterocycles. The van der Waals surface area contributed by atoms with Crippen molar-refractivity contribution in [3.05, 3.63) is 75.8 Å². The molecule has 4 saturated carbocycles. The van der Waals surface area contributed by atoms with Crippen LogP contribution in [-0.4, -0.2) is 39.6 Å². The van der Waals surface area contributed by atoms with Gasteiger partial charge in [0.1, 0.15) is 5.56 Å². The van der Waals surface area contributed by atoms with Crippen molar-refractivity contribution >= 4 is 5.91 Å². The summed E-state index contributed by atoms with van der Waals surface area (Å²) < 4.78 is 0. The Morgan fingerprint density at radius 2 is 1.76 bits per heavy atom. The van der Waals surface area contributed by atoms with Crippen LogP contribution in [0.4, 0.5) is 0 Å². The Labute approximate surface area is 218 Å². The molecule has 4 aliphatic rings. The molecule has 3 N–H and O–H groups in total. The molecule has 7 heteroatoms. The van der Waals surface area contributed by atoms with Gasteiger partial charge in [-0.15, -0.1) is 0 Å². The summed E-state index contributed by atoms with van der Waals surface area (Å²) in [5, 5.41) is 10.7. The van der Waals surface area contributed by atoms with Gasteiger partial charge in [-0.05, 0) is 93.9 Å². The lowest BCUT2D eigenvalue weighted by Gasteiger charge is -2.54. The number of aromatic amines is 2. The van der Waals surface area contributed by atoms with Crippen LogP contribution in [-0.2, 0) is 6.54 Å². The van der Waals surface area contributed by atoms with Crippen molar-refractivity contribution in [2.45, 2.75) is 51.6 Å². The molecule has 1 amide bonds. The van der Waals surface area contributed by atoms with Gasteiger partial charge in [-0.25, -0.2) is 0 Å². The van der Waals surface area contributed by atoms with Crippen LogP contribution in [0.3, 0.4) is 0 Å². The van der Waals surface area contributed by atoms with Gasteiger partial charge in [0, 0.05) is 30.4 Å². The molecule has 7 nitrogen and oxygen atoms in total. The van der Waals surface area contributed by atoms with Crippen LogP contribution < -0.4 is 10.9 Å². The normalized spacial score (nSPS) is 26.9. The largest absolute Gasteiger partial charge is 0.352 e. The highest BCUT2D eigenvalue weighted by Crippen LogP contribution is 2.56. The molecule has 7 rings (SSSR count). The Balaban J connectivity index is 1.06. The predicted molar refractivity (Wildman–Crippen MR) is 144 cm³/mol. The highest BCUT2D eigenvalue weighted by Gasteiger charge is 2.47. The molecule has 0 aliphatic heterocycles. The number of H-pyrrole nitrogens is 2. The second-order valence-electron chi connectivity index (χ2n) is 11.7. The zero-order valence-electron chi connectivity index (χ0n) is 21.7. The summed E-state index contributed by atoms with van der Waals surface area (Å²) in [6.07, 6.45) is 6.77. The first-order valence-electron chi connectivity index (χ1n) is 13.8. The van der Waals surface area contributed by atoms with Crippen LogP contribution in [0.1, 0.15) is 66.8 Å². The van der Waals surface area contributed by atoms with E-state index >= 15 is 0 Å². The summed E-state index contributed by atoms with van der Waals surface area (Å²) in [5.74, 6) is 3.68. The van der Waals surface area contributed by atoms with Crippen LogP contribution in [0.25, 0.3) is 11.3 Å². The van der Waals surface area contributed by atoms with Gasteiger partial charge in [0.15, 0.2) is 0 Å². The molecule has 37 heavy (non-hydrogen) atoms. The van der Waals surface area contributed by atoms with Gasteiger partial charge in [-0.1, -0.05) is 30.3 Å². The molecule has 1 aromatic carbocycles. The van der Waals surface area contributed by atoms with E-state index in [-0.39, 0.29) is 23.1 Å². The Morgan fingerprint density at radius 3 is 2.43 bits per heavy atom. The number of hydrogen-bond donors (Lipinski definition) is 3. The maximum atomic E-state index is 12.9. The highest BCUT2D eigenvalue weighted by atomic mass is 16.2. The van der Waals surface area contributed by atoms with Crippen LogP contribution in [0.15, 0.2) is 53.3 Å². The number of nitrogens with zero attached hydrogens (tertiary/aromatic N) is 2. The first kappa shape index (κ1) is 24.2. The van der Waals surface area contributed by atoms with E-state index in [0.717, 1.165) is 46.3 Å². The maximum absolute atomic E-state index is 12.9. The van der Waals surface area contributed by atoms with E-state index in [2.05, 4.69) is 38.4 Å². The third-order valence-corrected chi connectivity index (χ3v) is 9.33. The minimum atomic E-state index is -0.325. The van der Waals surface area contributed by atoms with E-state index in [9.17, 15) is 9.59 Å². The summed E-state index contributed by atoms with van der Waals surface area (Å²) in [7, 11) is 2.01. The average molecular weight is 500 g/mol. The number of pyridine rings is 1. The predicted octanol–water partition coefficient (Wildman–Crippen LogP) is 4.76. The molecule has 3 aromatic rings. The summed E-state index contributed by atoms with van der Waals surface area (Å²) in [5.41, 5.74) is 3.64. The van der Waals surface area contributed by atoms with Crippen molar-refractivity contribution in [3.8, 4) is 11.3 Å². The minimum absolute atomic E-state index is 0.0671. The van der Waals surface area contributed by atoms with Gasteiger partial charge in [0.25, 0.3) is 11.5 Å². The third-order valence-electron chi connectivity index (χ3n) is 9.33. The number of benzene rings is 1. The quantitative estimate of drug-likeness (QED) is 0.417. The molecular weight excluding hydrogens is 462 g/mol. The van der Waals surface area contributed by atoms with Crippen LogP contribution >= 0.6 is 0 Å². The number of amides is 1. The Bertz CT molecular complexity index is 1280. The molecule has 1 atom stereocenters. The Hall–Kier alpha value is -3.19. The van der Waals surface area contributed by atoms with Crippen molar-refractivity contribution in [3.63, 3.8) is 0 Å². The molecule has 0 radical (unpaired) electrons. The minimum Gasteiger partial charge on any atom is -0.352 e. The van der Waals surface area contributed by atoms with Gasteiger partial charge < -0.3 is 10.3 Å². The fourth-order valence-electron chi connectivity index (χ4n) is 7.41. The SMILES string of the molecule is C[C@@H](c1cc(-c2ccccc2)n[nH]1)N(C)Cc1ccc(C(=O)NCC2C3CC4CC(C3)CC2C4)c(=O)[nH]1. The van der Waals surface area contributed by atoms with Crippen molar-refractivity contribution < 1.29 is 4.79 Å². The molecule has 2 heterocycles. The maximum Gasteiger partial charge on any atom is 0.261 e. The van der Waals surface area contributed by atoms with Gasteiger partial charge in [0.2, 0.25) is 0 Å². The lowest BCUT2D eigenvalue weighted by Crippen LogP contribution is -2.49. The first-order chi connectivity index (χ1) is 17.9. The first-order valence-corrected chi connectivity index (χ1v) is 13.8. The van der Waals surface area contributed by atoms with Crippen LogP contribution in [0.2, 0.25) is 0 Å². The summed E-state index contributed by atoms with van der Waals surface area (Å²) in [4.78, 5) is 30.8. The summed E-state index contributed by atoms with van der Waals surface area (Å²) >= 11 is 0. The highest BCUT2D eigenvalue weighted by molar-refractivity contribution is 5.93. The fraction of sp³-hybridized carbons (Fsp3) is 0.500.